The fourth-order valence-electron chi connectivity index (χ4n) is 2.06. The second-order valence-electron chi connectivity index (χ2n) is 5.21. The maximum Gasteiger partial charge on any atom is 0.277 e. The second kappa shape index (κ2) is 8.82. The van der Waals surface area contributed by atoms with E-state index in [1.54, 1.807) is 24.3 Å². The molecule has 1 heterocycles. The number of nitrogens with zero attached hydrogens (tertiary/aromatic N) is 2. The van der Waals surface area contributed by atoms with Gasteiger partial charge in [-0.25, -0.2) is 0 Å². The van der Waals surface area contributed by atoms with Crippen LogP contribution in [0.2, 0.25) is 0 Å². The van der Waals surface area contributed by atoms with E-state index in [0.717, 1.165) is 17.4 Å². The molecule has 8 heteroatoms. The van der Waals surface area contributed by atoms with Crippen LogP contribution in [-0.2, 0) is 11.3 Å². The first-order valence-corrected chi connectivity index (χ1v) is 8.82. The van der Waals surface area contributed by atoms with E-state index in [2.05, 4.69) is 20.8 Å². The van der Waals surface area contributed by atoms with Gasteiger partial charge >= 0.3 is 0 Å². The number of amides is 2. The predicted molar refractivity (Wildman–Crippen MR) is 97.7 cm³/mol. The van der Waals surface area contributed by atoms with Gasteiger partial charge in [0.2, 0.25) is 11.8 Å². The van der Waals surface area contributed by atoms with Crippen molar-refractivity contribution < 1.29 is 14.0 Å². The van der Waals surface area contributed by atoms with Crippen LogP contribution in [0.15, 0.2) is 70.3 Å². The normalized spacial score (nSPS) is 10.3. The SMILES string of the molecule is O=C(CSc1nnc(CNC(=O)c2ccccc2)o1)Nc1ccccc1. The highest BCUT2D eigenvalue weighted by atomic mass is 32.2. The van der Waals surface area contributed by atoms with Crippen LogP contribution in [0, 0.1) is 0 Å². The molecule has 2 N–H and O–H groups in total. The van der Waals surface area contributed by atoms with Crippen LogP contribution in [0.25, 0.3) is 0 Å². The number of anilines is 1. The third-order valence-electron chi connectivity index (χ3n) is 3.27. The van der Waals surface area contributed by atoms with Crippen molar-refractivity contribution in [3.05, 3.63) is 72.1 Å². The minimum Gasteiger partial charge on any atom is -0.414 e. The zero-order valence-corrected chi connectivity index (χ0v) is 14.5. The molecule has 0 spiro atoms. The summed E-state index contributed by atoms with van der Waals surface area (Å²) in [4.78, 5) is 23.8. The predicted octanol–water partition coefficient (Wildman–Crippen LogP) is 2.73. The average Bonchev–Trinajstić information content (AvgIpc) is 3.14. The number of thioether (sulfide) groups is 1. The van der Waals surface area contributed by atoms with Gasteiger partial charge in [-0.15, -0.1) is 10.2 Å². The van der Waals surface area contributed by atoms with Crippen molar-refractivity contribution in [2.45, 2.75) is 11.8 Å². The number of aromatic nitrogens is 2. The van der Waals surface area contributed by atoms with Gasteiger partial charge in [0, 0.05) is 11.3 Å². The van der Waals surface area contributed by atoms with Crippen LogP contribution in [0.3, 0.4) is 0 Å². The third kappa shape index (κ3) is 5.18. The van der Waals surface area contributed by atoms with Gasteiger partial charge in [-0.1, -0.05) is 48.2 Å². The zero-order valence-electron chi connectivity index (χ0n) is 13.7. The second-order valence-corrected chi connectivity index (χ2v) is 6.14. The van der Waals surface area contributed by atoms with E-state index >= 15 is 0 Å². The first-order valence-electron chi connectivity index (χ1n) is 7.84. The monoisotopic (exact) mass is 368 g/mol. The molecule has 0 atom stereocenters. The highest BCUT2D eigenvalue weighted by Gasteiger charge is 2.11. The van der Waals surface area contributed by atoms with Crippen LogP contribution in [0.1, 0.15) is 16.2 Å². The van der Waals surface area contributed by atoms with Crippen molar-refractivity contribution >= 4 is 29.3 Å². The molecule has 0 radical (unpaired) electrons. The fourth-order valence-corrected chi connectivity index (χ4v) is 2.64. The van der Waals surface area contributed by atoms with Gasteiger partial charge < -0.3 is 15.1 Å². The van der Waals surface area contributed by atoms with Gasteiger partial charge in [0.25, 0.3) is 11.1 Å². The van der Waals surface area contributed by atoms with E-state index in [1.807, 2.05) is 36.4 Å². The van der Waals surface area contributed by atoms with E-state index in [9.17, 15) is 9.59 Å². The lowest BCUT2D eigenvalue weighted by molar-refractivity contribution is -0.113. The molecule has 2 amide bonds. The maximum absolute atomic E-state index is 12.0. The molecule has 0 unspecified atom stereocenters. The lowest BCUT2D eigenvalue weighted by atomic mass is 10.2. The molecular weight excluding hydrogens is 352 g/mol. The van der Waals surface area contributed by atoms with Crippen molar-refractivity contribution in [3.63, 3.8) is 0 Å². The molecule has 0 saturated heterocycles. The number of hydrogen-bond donors (Lipinski definition) is 2. The molecule has 3 aromatic rings. The molecule has 7 nitrogen and oxygen atoms in total. The first kappa shape index (κ1) is 17.7. The van der Waals surface area contributed by atoms with Crippen LogP contribution in [0.4, 0.5) is 5.69 Å². The van der Waals surface area contributed by atoms with Gasteiger partial charge in [0.05, 0.1) is 12.3 Å². The van der Waals surface area contributed by atoms with Gasteiger partial charge in [0.15, 0.2) is 0 Å². The van der Waals surface area contributed by atoms with Crippen LogP contribution in [-0.4, -0.2) is 27.8 Å². The summed E-state index contributed by atoms with van der Waals surface area (Å²) in [7, 11) is 0. The molecule has 0 bridgehead atoms. The van der Waals surface area contributed by atoms with Gasteiger partial charge in [-0.2, -0.15) is 0 Å². The summed E-state index contributed by atoms with van der Waals surface area (Å²) in [6.07, 6.45) is 0. The van der Waals surface area contributed by atoms with Crippen LogP contribution in [0.5, 0.6) is 0 Å². The van der Waals surface area contributed by atoms with Crippen LogP contribution < -0.4 is 10.6 Å². The van der Waals surface area contributed by atoms with E-state index in [4.69, 9.17) is 4.42 Å². The summed E-state index contributed by atoms with van der Waals surface area (Å²) in [6, 6.07) is 18.0. The smallest absolute Gasteiger partial charge is 0.277 e. The molecule has 3 rings (SSSR count). The Kier molecular flexibility index (Phi) is 6.00. The Labute approximate surface area is 154 Å². The Bertz CT molecular complexity index is 868. The Morgan fingerprint density at radius 2 is 1.65 bits per heavy atom. The number of rotatable bonds is 7. The average molecular weight is 368 g/mol. The van der Waals surface area contributed by atoms with E-state index in [-0.39, 0.29) is 35.2 Å². The van der Waals surface area contributed by atoms with Crippen molar-refractivity contribution in [1.29, 1.82) is 0 Å². The van der Waals surface area contributed by atoms with Gasteiger partial charge in [-0.3, -0.25) is 9.59 Å². The molecule has 0 saturated carbocycles. The molecule has 0 aliphatic heterocycles. The standard InChI is InChI=1S/C18H16N4O3S/c23-15(20-14-9-5-2-6-10-14)12-26-18-22-21-16(25-18)11-19-17(24)13-7-3-1-4-8-13/h1-10H,11-12H2,(H,19,24)(H,20,23). The quantitative estimate of drug-likeness (QED) is 0.623. The number of nitrogens with one attached hydrogen (secondary N) is 2. The topological polar surface area (TPSA) is 97.1 Å². The molecule has 0 aliphatic rings. The number of carbonyl (C=O) groups excluding carboxylic acids is 2. The van der Waals surface area contributed by atoms with Crippen molar-refractivity contribution in [1.82, 2.24) is 15.5 Å². The summed E-state index contributed by atoms with van der Waals surface area (Å²) in [5.41, 5.74) is 1.28. The minimum atomic E-state index is -0.222. The number of para-hydroxylation sites is 1. The minimum absolute atomic E-state index is 0.123. The summed E-state index contributed by atoms with van der Waals surface area (Å²) >= 11 is 1.13. The molecular formula is C18H16N4O3S. The molecule has 0 aliphatic carbocycles. The number of benzene rings is 2. The lowest BCUT2D eigenvalue weighted by Gasteiger charge is -2.03. The summed E-state index contributed by atoms with van der Waals surface area (Å²) < 4.78 is 5.42. The van der Waals surface area contributed by atoms with E-state index < -0.39 is 0 Å². The maximum atomic E-state index is 12.0. The largest absolute Gasteiger partial charge is 0.414 e. The number of hydrogen-bond acceptors (Lipinski definition) is 6. The summed E-state index contributed by atoms with van der Waals surface area (Å²) in [6.45, 7) is 0.123. The lowest BCUT2D eigenvalue weighted by Crippen LogP contribution is -2.22. The third-order valence-corrected chi connectivity index (χ3v) is 4.09. The van der Waals surface area contributed by atoms with Crippen molar-refractivity contribution in [2.24, 2.45) is 0 Å². The van der Waals surface area contributed by atoms with Gasteiger partial charge in [0.1, 0.15) is 0 Å². The molecule has 2 aromatic carbocycles. The molecule has 26 heavy (non-hydrogen) atoms. The first-order chi connectivity index (χ1) is 12.7. The Morgan fingerprint density at radius 3 is 2.38 bits per heavy atom. The Balaban J connectivity index is 1.44. The molecule has 0 fully saturated rings. The van der Waals surface area contributed by atoms with Crippen molar-refractivity contribution in [3.8, 4) is 0 Å². The molecule has 1 aromatic heterocycles. The zero-order chi connectivity index (χ0) is 18.2. The molecule has 132 valence electrons. The summed E-state index contributed by atoms with van der Waals surface area (Å²) in [5, 5.41) is 13.5. The Hall–Kier alpha value is -3.13. The highest BCUT2D eigenvalue weighted by molar-refractivity contribution is 7.99. The van der Waals surface area contributed by atoms with Crippen molar-refractivity contribution in [2.75, 3.05) is 11.1 Å². The Morgan fingerprint density at radius 1 is 0.962 bits per heavy atom. The fraction of sp³-hybridized carbons (Fsp3) is 0.111. The van der Waals surface area contributed by atoms with E-state index in [1.165, 1.54) is 0 Å². The number of carbonyl (C=O) groups is 2. The van der Waals surface area contributed by atoms with Crippen LogP contribution >= 0.6 is 11.8 Å². The highest BCUT2D eigenvalue weighted by Crippen LogP contribution is 2.16. The van der Waals surface area contributed by atoms with Gasteiger partial charge in [-0.05, 0) is 24.3 Å². The van der Waals surface area contributed by atoms with E-state index in [0.29, 0.717) is 5.56 Å². The summed E-state index contributed by atoms with van der Waals surface area (Å²) in [5.74, 6) is 0.0335.